The van der Waals surface area contributed by atoms with Crippen LogP contribution < -0.4 is 5.73 Å². The quantitative estimate of drug-likeness (QED) is 0.830. The van der Waals surface area contributed by atoms with Crippen molar-refractivity contribution in [2.24, 2.45) is 0 Å². The van der Waals surface area contributed by atoms with Gasteiger partial charge in [0, 0.05) is 18.1 Å². The number of hydrogen-bond donors (Lipinski definition) is 1. The van der Waals surface area contributed by atoms with E-state index in [9.17, 15) is 0 Å². The lowest BCUT2D eigenvalue weighted by Crippen LogP contribution is -1.96. The van der Waals surface area contributed by atoms with Crippen LogP contribution in [0, 0.1) is 0 Å². The summed E-state index contributed by atoms with van der Waals surface area (Å²) in [5, 5.41) is 0. The van der Waals surface area contributed by atoms with Gasteiger partial charge in [0.25, 0.3) is 0 Å². The smallest absolute Gasteiger partial charge is 0.0346 e. The molecule has 84 valence electrons. The fourth-order valence-electron chi connectivity index (χ4n) is 1.59. The summed E-state index contributed by atoms with van der Waals surface area (Å²) in [5.41, 5.74) is 9.21. The predicted molar refractivity (Wildman–Crippen MR) is 69.7 cm³/mol. The van der Waals surface area contributed by atoms with Gasteiger partial charge in [-0.05, 0) is 36.1 Å². The molecule has 3 heteroatoms. The molecule has 0 radical (unpaired) electrons. The Balaban J connectivity index is 0.00000128. The lowest BCUT2D eigenvalue weighted by molar-refractivity contribution is 0.952. The Kier molecular flexibility index (Phi) is 4.80. The van der Waals surface area contributed by atoms with Gasteiger partial charge in [0.15, 0.2) is 0 Å². The molecule has 16 heavy (non-hydrogen) atoms. The van der Waals surface area contributed by atoms with Gasteiger partial charge in [0.05, 0.1) is 0 Å². The summed E-state index contributed by atoms with van der Waals surface area (Å²) >= 11 is 0. The minimum Gasteiger partial charge on any atom is -0.399 e. The molecule has 2 rings (SSSR count). The van der Waals surface area contributed by atoms with Crippen molar-refractivity contribution in [3.8, 4) is 0 Å². The molecule has 0 aliphatic carbocycles. The first kappa shape index (κ1) is 12.5. The van der Waals surface area contributed by atoms with Crippen LogP contribution in [0.5, 0.6) is 0 Å². The standard InChI is InChI=1S/C13H14N2.ClH/c14-13-6-2-1-5-12(13)8-7-11-4-3-9-15-10-11;/h1-6,9-10H,7-8,14H2;1H. The number of nitrogen functional groups attached to an aromatic ring is 1. The molecule has 2 N–H and O–H groups in total. The molecule has 2 aromatic rings. The van der Waals surface area contributed by atoms with E-state index in [0.29, 0.717) is 0 Å². The maximum absolute atomic E-state index is 5.87. The van der Waals surface area contributed by atoms with Gasteiger partial charge in [-0.3, -0.25) is 4.98 Å². The SMILES string of the molecule is Cl.Nc1ccccc1CCc1cccnc1. The van der Waals surface area contributed by atoms with Crippen molar-refractivity contribution in [2.75, 3.05) is 5.73 Å². The third-order valence-electron chi connectivity index (χ3n) is 2.46. The fraction of sp³-hybridized carbons (Fsp3) is 0.154. The molecule has 0 saturated carbocycles. The molecule has 0 amide bonds. The molecular formula is C13H15ClN2. The first-order chi connectivity index (χ1) is 7.36. The Labute approximate surface area is 102 Å². The zero-order valence-electron chi connectivity index (χ0n) is 8.97. The van der Waals surface area contributed by atoms with Crippen LogP contribution in [0.15, 0.2) is 48.8 Å². The van der Waals surface area contributed by atoms with E-state index in [2.05, 4.69) is 17.1 Å². The Bertz CT molecular complexity index is 429. The van der Waals surface area contributed by atoms with E-state index >= 15 is 0 Å². The second-order valence-electron chi connectivity index (χ2n) is 3.56. The lowest BCUT2D eigenvalue weighted by atomic mass is 10.0. The molecule has 0 unspecified atom stereocenters. The molecule has 0 fully saturated rings. The van der Waals surface area contributed by atoms with Crippen LogP contribution in [0.1, 0.15) is 11.1 Å². The van der Waals surface area contributed by atoms with E-state index in [-0.39, 0.29) is 12.4 Å². The van der Waals surface area contributed by atoms with Crippen LogP contribution in [0.4, 0.5) is 5.69 Å². The van der Waals surface area contributed by atoms with Gasteiger partial charge < -0.3 is 5.73 Å². The third kappa shape index (κ3) is 3.24. The minimum atomic E-state index is 0. The minimum absolute atomic E-state index is 0. The van der Waals surface area contributed by atoms with Crippen molar-refractivity contribution in [3.05, 3.63) is 59.9 Å². The number of nitrogens with two attached hydrogens (primary N) is 1. The molecule has 0 aliphatic heterocycles. The molecular weight excluding hydrogens is 220 g/mol. The van der Waals surface area contributed by atoms with Crippen LogP contribution in [0.3, 0.4) is 0 Å². The normalized spacial score (nSPS) is 9.50. The van der Waals surface area contributed by atoms with E-state index in [1.54, 1.807) is 6.20 Å². The highest BCUT2D eigenvalue weighted by atomic mass is 35.5. The van der Waals surface area contributed by atoms with Crippen LogP contribution in [0.2, 0.25) is 0 Å². The van der Waals surface area contributed by atoms with E-state index in [1.165, 1.54) is 11.1 Å². The number of para-hydroxylation sites is 1. The number of halogens is 1. The molecule has 0 aliphatic rings. The Morgan fingerprint density at radius 3 is 2.50 bits per heavy atom. The van der Waals surface area contributed by atoms with E-state index in [0.717, 1.165) is 18.5 Å². The van der Waals surface area contributed by atoms with Crippen LogP contribution in [-0.2, 0) is 12.8 Å². The van der Waals surface area contributed by atoms with E-state index in [1.807, 2.05) is 30.5 Å². The molecule has 0 atom stereocenters. The van der Waals surface area contributed by atoms with Gasteiger partial charge in [0.1, 0.15) is 0 Å². The summed E-state index contributed by atoms with van der Waals surface area (Å²) in [5.74, 6) is 0. The first-order valence-corrected chi connectivity index (χ1v) is 5.08. The van der Waals surface area contributed by atoms with Crippen LogP contribution in [-0.4, -0.2) is 4.98 Å². The lowest BCUT2D eigenvalue weighted by Gasteiger charge is -2.04. The first-order valence-electron chi connectivity index (χ1n) is 5.08. The monoisotopic (exact) mass is 234 g/mol. The van der Waals surface area contributed by atoms with Gasteiger partial charge in [-0.25, -0.2) is 0 Å². The van der Waals surface area contributed by atoms with Gasteiger partial charge in [-0.2, -0.15) is 0 Å². The molecule has 0 saturated heterocycles. The maximum Gasteiger partial charge on any atom is 0.0346 e. The number of aryl methyl sites for hydroxylation is 2. The second kappa shape index (κ2) is 6.13. The Morgan fingerprint density at radius 2 is 1.81 bits per heavy atom. The van der Waals surface area contributed by atoms with Gasteiger partial charge in [0.2, 0.25) is 0 Å². The molecule has 2 nitrogen and oxygen atoms in total. The van der Waals surface area contributed by atoms with Crippen LogP contribution in [0.25, 0.3) is 0 Å². The van der Waals surface area contributed by atoms with Crippen molar-refractivity contribution >= 4 is 18.1 Å². The zero-order chi connectivity index (χ0) is 10.5. The van der Waals surface area contributed by atoms with Crippen molar-refractivity contribution in [1.29, 1.82) is 0 Å². The van der Waals surface area contributed by atoms with Gasteiger partial charge >= 0.3 is 0 Å². The largest absolute Gasteiger partial charge is 0.399 e. The Morgan fingerprint density at radius 1 is 1.00 bits per heavy atom. The number of nitrogens with zero attached hydrogens (tertiary/aromatic N) is 1. The maximum atomic E-state index is 5.87. The number of pyridine rings is 1. The van der Waals surface area contributed by atoms with Gasteiger partial charge in [-0.15, -0.1) is 12.4 Å². The number of aromatic nitrogens is 1. The second-order valence-corrected chi connectivity index (χ2v) is 3.56. The predicted octanol–water partition coefficient (Wildman–Crippen LogP) is 2.87. The molecule has 1 aromatic carbocycles. The number of rotatable bonds is 3. The summed E-state index contributed by atoms with van der Waals surface area (Å²) < 4.78 is 0. The third-order valence-corrected chi connectivity index (χ3v) is 2.46. The average molecular weight is 235 g/mol. The summed E-state index contributed by atoms with van der Waals surface area (Å²) in [6.07, 6.45) is 5.65. The summed E-state index contributed by atoms with van der Waals surface area (Å²) in [6, 6.07) is 12.1. The zero-order valence-corrected chi connectivity index (χ0v) is 9.78. The van der Waals surface area contributed by atoms with Crippen LogP contribution >= 0.6 is 12.4 Å². The van der Waals surface area contributed by atoms with E-state index in [4.69, 9.17) is 5.73 Å². The highest BCUT2D eigenvalue weighted by molar-refractivity contribution is 5.85. The summed E-state index contributed by atoms with van der Waals surface area (Å²) in [4.78, 5) is 4.09. The number of benzene rings is 1. The van der Waals surface area contributed by atoms with Crippen molar-refractivity contribution in [3.63, 3.8) is 0 Å². The van der Waals surface area contributed by atoms with Gasteiger partial charge in [-0.1, -0.05) is 24.3 Å². The van der Waals surface area contributed by atoms with E-state index < -0.39 is 0 Å². The average Bonchev–Trinajstić information content (AvgIpc) is 2.29. The molecule has 0 spiro atoms. The summed E-state index contributed by atoms with van der Waals surface area (Å²) in [6.45, 7) is 0. The topological polar surface area (TPSA) is 38.9 Å². The Hall–Kier alpha value is -1.54. The fourth-order valence-corrected chi connectivity index (χ4v) is 1.59. The number of hydrogen-bond acceptors (Lipinski definition) is 2. The summed E-state index contributed by atoms with van der Waals surface area (Å²) in [7, 11) is 0. The van der Waals surface area contributed by atoms with Crippen molar-refractivity contribution < 1.29 is 0 Å². The van der Waals surface area contributed by atoms with Crippen molar-refractivity contribution in [2.45, 2.75) is 12.8 Å². The highest BCUT2D eigenvalue weighted by Crippen LogP contribution is 2.13. The van der Waals surface area contributed by atoms with Crippen molar-refractivity contribution in [1.82, 2.24) is 4.98 Å². The molecule has 1 aromatic heterocycles. The number of anilines is 1. The molecule has 1 heterocycles. The molecule has 0 bridgehead atoms. The highest BCUT2D eigenvalue weighted by Gasteiger charge is 1.98.